The van der Waals surface area contributed by atoms with Crippen molar-refractivity contribution >= 4 is 23.5 Å². The molecule has 0 saturated heterocycles. The quantitative estimate of drug-likeness (QED) is 0.553. The van der Waals surface area contributed by atoms with E-state index >= 15 is 0 Å². The highest BCUT2D eigenvalue weighted by Gasteiger charge is 2.22. The van der Waals surface area contributed by atoms with Crippen LogP contribution >= 0.6 is 0 Å². The molecule has 0 spiro atoms. The maximum absolute atomic E-state index is 12.3. The molecule has 2 aromatic carbocycles. The van der Waals surface area contributed by atoms with E-state index in [9.17, 15) is 14.4 Å². The van der Waals surface area contributed by atoms with Gasteiger partial charge in [-0.3, -0.25) is 14.4 Å². The fourth-order valence-electron chi connectivity index (χ4n) is 3.27. The molecule has 2 amide bonds. The molecule has 3 rings (SSSR count). The van der Waals surface area contributed by atoms with Crippen LogP contribution in [0.5, 0.6) is 11.5 Å². The Balaban J connectivity index is 1.37. The van der Waals surface area contributed by atoms with Crippen LogP contribution in [0.2, 0.25) is 0 Å². The standard InChI is InChI=1S/C24H27N3O6/c1-31-20-9-8-17(14-21(20)32-2)15-25-22(28)16-33-24(30)11-10-23(29)27-13-12-19(26-27)18-6-4-3-5-7-18/h3-9,14H,10-13,15-16H2,1-2H3,(H,25,28). The molecule has 1 aliphatic heterocycles. The number of benzene rings is 2. The third-order valence-corrected chi connectivity index (χ3v) is 5.04. The van der Waals surface area contributed by atoms with Crippen LogP contribution in [0.3, 0.4) is 0 Å². The Morgan fingerprint density at radius 1 is 1.00 bits per heavy atom. The van der Waals surface area contributed by atoms with E-state index in [1.165, 1.54) is 12.1 Å². The fourth-order valence-corrected chi connectivity index (χ4v) is 3.27. The Bertz CT molecular complexity index is 1020. The number of nitrogens with one attached hydrogen (secondary N) is 1. The molecule has 9 nitrogen and oxygen atoms in total. The first-order valence-electron chi connectivity index (χ1n) is 10.6. The van der Waals surface area contributed by atoms with Crippen LogP contribution < -0.4 is 14.8 Å². The smallest absolute Gasteiger partial charge is 0.306 e. The Morgan fingerprint density at radius 3 is 2.48 bits per heavy atom. The molecule has 0 aromatic heterocycles. The molecule has 0 atom stereocenters. The number of carbonyl (C=O) groups is 3. The lowest BCUT2D eigenvalue weighted by Crippen LogP contribution is -2.29. The lowest BCUT2D eigenvalue weighted by Gasteiger charge is -2.11. The normalized spacial score (nSPS) is 12.7. The maximum atomic E-state index is 12.3. The SMILES string of the molecule is COc1ccc(CNC(=O)COC(=O)CCC(=O)N2CCC(c3ccccc3)=N2)cc1OC. The minimum Gasteiger partial charge on any atom is -0.493 e. The largest absolute Gasteiger partial charge is 0.493 e. The van der Waals surface area contributed by atoms with Crippen LogP contribution in [0.15, 0.2) is 53.6 Å². The molecular formula is C24H27N3O6. The van der Waals surface area contributed by atoms with E-state index in [1.54, 1.807) is 25.3 Å². The Kier molecular flexibility index (Phi) is 8.40. The van der Waals surface area contributed by atoms with Crippen LogP contribution in [0.4, 0.5) is 0 Å². The van der Waals surface area contributed by atoms with E-state index in [1.807, 2.05) is 30.3 Å². The highest BCUT2D eigenvalue weighted by atomic mass is 16.5. The van der Waals surface area contributed by atoms with Crippen molar-refractivity contribution in [3.8, 4) is 11.5 Å². The first-order chi connectivity index (χ1) is 16.0. The summed E-state index contributed by atoms with van der Waals surface area (Å²) in [5.74, 6) is -0.168. The van der Waals surface area contributed by atoms with Crippen molar-refractivity contribution in [2.75, 3.05) is 27.4 Å². The average molecular weight is 453 g/mol. The minimum absolute atomic E-state index is 0.0301. The lowest BCUT2D eigenvalue weighted by atomic mass is 10.1. The summed E-state index contributed by atoms with van der Waals surface area (Å²) in [6.07, 6.45) is 0.520. The van der Waals surface area contributed by atoms with E-state index in [-0.39, 0.29) is 25.3 Å². The van der Waals surface area contributed by atoms with Gasteiger partial charge in [0, 0.05) is 19.4 Å². The molecule has 33 heavy (non-hydrogen) atoms. The lowest BCUT2D eigenvalue weighted by molar-refractivity contribution is -0.150. The first-order valence-corrected chi connectivity index (χ1v) is 10.6. The molecule has 174 valence electrons. The Morgan fingerprint density at radius 2 is 1.76 bits per heavy atom. The van der Waals surface area contributed by atoms with Crippen molar-refractivity contribution in [2.24, 2.45) is 5.10 Å². The second-order valence-corrected chi connectivity index (χ2v) is 7.31. The van der Waals surface area contributed by atoms with Gasteiger partial charge in [0.05, 0.1) is 32.9 Å². The van der Waals surface area contributed by atoms with Gasteiger partial charge in [-0.15, -0.1) is 0 Å². The van der Waals surface area contributed by atoms with Gasteiger partial charge in [0.25, 0.3) is 5.91 Å². The number of rotatable bonds is 10. The molecule has 1 heterocycles. The number of hydrogen-bond donors (Lipinski definition) is 1. The predicted octanol–water partition coefficient (Wildman–Crippen LogP) is 2.28. The van der Waals surface area contributed by atoms with Crippen molar-refractivity contribution in [1.29, 1.82) is 0 Å². The highest BCUT2D eigenvalue weighted by Crippen LogP contribution is 2.27. The van der Waals surface area contributed by atoms with Gasteiger partial charge in [-0.25, -0.2) is 5.01 Å². The second kappa shape index (κ2) is 11.7. The van der Waals surface area contributed by atoms with Crippen molar-refractivity contribution in [1.82, 2.24) is 10.3 Å². The fraction of sp³-hybridized carbons (Fsp3) is 0.333. The average Bonchev–Trinajstić information content (AvgIpc) is 3.35. The topological polar surface area (TPSA) is 107 Å². The maximum Gasteiger partial charge on any atom is 0.306 e. The van der Waals surface area contributed by atoms with Gasteiger partial charge in [0.1, 0.15) is 0 Å². The highest BCUT2D eigenvalue weighted by molar-refractivity contribution is 6.02. The number of ether oxygens (including phenoxy) is 3. The summed E-state index contributed by atoms with van der Waals surface area (Å²) in [7, 11) is 3.07. The molecule has 0 unspecified atom stereocenters. The van der Waals surface area contributed by atoms with Gasteiger partial charge in [-0.1, -0.05) is 36.4 Å². The van der Waals surface area contributed by atoms with E-state index in [0.29, 0.717) is 24.5 Å². The number of methoxy groups -OCH3 is 2. The first kappa shape index (κ1) is 23.8. The zero-order chi connectivity index (χ0) is 23.6. The number of carbonyl (C=O) groups excluding carboxylic acids is 3. The monoisotopic (exact) mass is 453 g/mol. The summed E-state index contributed by atoms with van der Waals surface area (Å²) in [5.41, 5.74) is 2.63. The van der Waals surface area contributed by atoms with Crippen LogP contribution in [-0.2, 0) is 25.7 Å². The zero-order valence-corrected chi connectivity index (χ0v) is 18.7. The number of hydrazone groups is 1. The summed E-state index contributed by atoms with van der Waals surface area (Å²) >= 11 is 0. The molecule has 0 aliphatic carbocycles. The van der Waals surface area contributed by atoms with E-state index < -0.39 is 18.5 Å². The van der Waals surface area contributed by atoms with Gasteiger partial charge in [-0.05, 0) is 23.3 Å². The summed E-state index contributed by atoms with van der Waals surface area (Å²) in [4.78, 5) is 36.3. The van der Waals surface area contributed by atoms with Gasteiger partial charge in [0.15, 0.2) is 18.1 Å². The van der Waals surface area contributed by atoms with Crippen LogP contribution in [0.25, 0.3) is 0 Å². The Labute approximate surface area is 192 Å². The van der Waals surface area contributed by atoms with Crippen LogP contribution in [0, 0.1) is 0 Å². The van der Waals surface area contributed by atoms with Crippen LogP contribution in [0.1, 0.15) is 30.4 Å². The van der Waals surface area contributed by atoms with Crippen LogP contribution in [-0.4, -0.2) is 55.9 Å². The number of amides is 2. The van der Waals surface area contributed by atoms with E-state index in [0.717, 1.165) is 16.8 Å². The molecule has 2 aromatic rings. The molecule has 0 fully saturated rings. The van der Waals surface area contributed by atoms with Crippen molar-refractivity contribution < 1.29 is 28.6 Å². The van der Waals surface area contributed by atoms with Crippen molar-refractivity contribution in [3.63, 3.8) is 0 Å². The minimum atomic E-state index is -0.615. The molecular weight excluding hydrogens is 426 g/mol. The summed E-state index contributed by atoms with van der Waals surface area (Å²) in [6, 6.07) is 14.9. The summed E-state index contributed by atoms with van der Waals surface area (Å²) in [6.45, 7) is 0.308. The van der Waals surface area contributed by atoms with E-state index in [2.05, 4.69) is 10.4 Å². The molecule has 1 N–H and O–H groups in total. The Hall–Kier alpha value is -3.88. The summed E-state index contributed by atoms with van der Waals surface area (Å²) in [5, 5.41) is 8.40. The number of hydrogen-bond acceptors (Lipinski definition) is 7. The van der Waals surface area contributed by atoms with Crippen molar-refractivity contribution in [3.05, 3.63) is 59.7 Å². The van der Waals surface area contributed by atoms with Gasteiger partial charge < -0.3 is 19.5 Å². The number of nitrogens with zero attached hydrogens (tertiary/aromatic N) is 2. The molecule has 1 aliphatic rings. The molecule has 9 heteroatoms. The number of esters is 1. The van der Waals surface area contributed by atoms with Gasteiger partial charge in [0.2, 0.25) is 5.91 Å². The molecule has 0 radical (unpaired) electrons. The van der Waals surface area contributed by atoms with Gasteiger partial charge >= 0.3 is 5.97 Å². The van der Waals surface area contributed by atoms with E-state index in [4.69, 9.17) is 14.2 Å². The predicted molar refractivity (Wildman–Crippen MR) is 121 cm³/mol. The van der Waals surface area contributed by atoms with Crippen molar-refractivity contribution in [2.45, 2.75) is 25.8 Å². The molecule has 0 bridgehead atoms. The third kappa shape index (κ3) is 6.80. The molecule has 0 saturated carbocycles. The third-order valence-electron chi connectivity index (χ3n) is 5.04. The zero-order valence-electron chi connectivity index (χ0n) is 18.7. The summed E-state index contributed by atoms with van der Waals surface area (Å²) < 4.78 is 15.4. The second-order valence-electron chi connectivity index (χ2n) is 7.31. The van der Waals surface area contributed by atoms with Gasteiger partial charge in [-0.2, -0.15) is 5.10 Å².